The van der Waals surface area contributed by atoms with Gasteiger partial charge in [-0.05, 0) is 42.9 Å². The minimum Gasteiger partial charge on any atom is -0.465 e. The molecule has 2 heterocycles. The van der Waals surface area contributed by atoms with Crippen molar-refractivity contribution in [2.75, 3.05) is 17.7 Å². The molecule has 0 saturated carbocycles. The molecule has 2 aliphatic rings. The standard InChI is InChI=1S/C21H22N2O4S2/c1-11-7-8-12-15(9-11)29-20(18(12)21(26)27-2)23-17(24)10-16-19(25)22-13-5-3-4-6-14(13)28-16/h3-6,11,16H,7-10H2,1-2H3,(H,22,25)(H,23,24)/t11-,16-/m1/s1. The zero-order valence-electron chi connectivity index (χ0n) is 16.2. The van der Waals surface area contributed by atoms with Crippen LogP contribution in [0.2, 0.25) is 0 Å². The van der Waals surface area contributed by atoms with Crippen LogP contribution in [0.1, 0.15) is 40.6 Å². The fourth-order valence-corrected chi connectivity index (χ4v) is 6.26. The van der Waals surface area contributed by atoms with Crippen LogP contribution in [-0.4, -0.2) is 30.1 Å². The van der Waals surface area contributed by atoms with E-state index >= 15 is 0 Å². The monoisotopic (exact) mass is 430 g/mol. The first-order valence-electron chi connectivity index (χ1n) is 9.55. The van der Waals surface area contributed by atoms with Gasteiger partial charge in [-0.3, -0.25) is 9.59 Å². The molecule has 8 heteroatoms. The maximum Gasteiger partial charge on any atom is 0.341 e. The predicted molar refractivity (Wildman–Crippen MR) is 115 cm³/mol. The summed E-state index contributed by atoms with van der Waals surface area (Å²) >= 11 is 2.83. The molecule has 0 spiro atoms. The molecular formula is C21H22N2O4S2. The topological polar surface area (TPSA) is 84.5 Å². The van der Waals surface area contributed by atoms with Crippen LogP contribution in [0.4, 0.5) is 10.7 Å². The molecule has 0 bridgehead atoms. The zero-order valence-corrected chi connectivity index (χ0v) is 17.9. The largest absolute Gasteiger partial charge is 0.465 e. The van der Waals surface area contributed by atoms with Crippen molar-refractivity contribution in [2.24, 2.45) is 5.92 Å². The van der Waals surface area contributed by atoms with Gasteiger partial charge in [0.05, 0.1) is 23.6 Å². The van der Waals surface area contributed by atoms with Gasteiger partial charge in [0.25, 0.3) is 0 Å². The number of rotatable bonds is 4. The number of thiophene rings is 1. The van der Waals surface area contributed by atoms with Crippen molar-refractivity contribution in [1.29, 1.82) is 0 Å². The lowest BCUT2D eigenvalue weighted by Crippen LogP contribution is -2.32. The third-order valence-electron chi connectivity index (χ3n) is 5.23. The SMILES string of the molecule is COC(=O)c1c(NC(=O)C[C@H]2Sc3ccccc3NC2=O)sc2c1CC[C@@H](C)C2. The summed E-state index contributed by atoms with van der Waals surface area (Å²) in [4.78, 5) is 39.6. The number of carbonyl (C=O) groups is 3. The fraction of sp³-hybridized carbons (Fsp3) is 0.381. The van der Waals surface area contributed by atoms with E-state index in [9.17, 15) is 14.4 Å². The lowest BCUT2D eigenvalue weighted by Gasteiger charge is -2.23. The van der Waals surface area contributed by atoms with Crippen molar-refractivity contribution in [3.05, 3.63) is 40.3 Å². The van der Waals surface area contributed by atoms with Crippen LogP contribution in [0.3, 0.4) is 0 Å². The third-order valence-corrected chi connectivity index (χ3v) is 7.68. The molecule has 2 amide bonds. The average Bonchev–Trinajstić information content (AvgIpc) is 3.04. The summed E-state index contributed by atoms with van der Waals surface area (Å²) in [5.41, 5.74) is 2.24. The minimum atomic E-state index is -0.513. The smallest absolute Gasteiger partial charge is 0.341 e. The molecule has 6 nitrogen and oxygen atoms in total. The number of thioether (sulfide) groups is 1. The molecule has 4 rings (SSSR count). The number of methoxy groups -OCH3 is 1. The first kappa shape index (κ1) is 20.0. The van der Waals surface area contributed by atoms with E-state index < -0.39 is 11.2 Å². The second-order valence-corrected chi connectivity index (χ2v) is 9.74. The van der Waals surface area contributed by atoms with Crippen LogP contribution in [0, 0.1) is 5.92 Å². The van der Waals surface area contributed by atoms with E-state index in [2.05, 4.69) is 17.6 Å². The lowest BCUT2D eigenvalue weighted by molar-refractivity contribution is -0.120. The maximum atomic E-state index is 12.7. The molecular weight excluding hydrogens is 408 g/mol. The van der Waals surface area contributed by atoms with Crippen LogP contribution in [0.15, 0.2) is 29.2 Å². The normalized spacial score (nSPS) is 20.3. The Morgan fingerprint density at radius 2 is 2.10 bits per heavy atom. The Hall–Kier alpha value is -2.32. The summed E-state index contributed by atoms with van der Waals surface area (Å²) in [5.74, 6) is -0.339. The minimum absolute atomic E-state index is 0.0322. The number of esters is 1. The molecule has 1 aromatic heterocycles. The van der Waals surface area contributed by atoms with E-state index in [1.165, 1.54) is 30.2 Å². The Kier molecular flexibility index (Phi) is 5.65. The summed E-state index contributed by atoms with van der Waals surface area (Å²) in [6.45, 7) is 2.19. The van der Waals surface area contributed by atoms with Gasteiger partial charge < -0.3 is 15.4 Å². The van der Waals surface area contributed by atoms with Crippen LogP contribution < -0.4 is 10.6 Å². The Morgan fingerprint density at radius 3 is 2.90 bits per heavy atom. The van der Waals surface area contributed by atoms with Crippen molar-refractivity contribution < 1.29 is 19.1 Å². The number of benzene rings is 1. The summed E-state index contributed by atoms with van der Waals surface area (Å²) in [5, 5.41) is 5.74. The third kappa shape index (κ3) is 4.04. The first-order valence-corrected chi connectivity index (χ1v) is 11.2. The van der Waals surface area contributed by atoms with Gasteiger partial charge >= 0.3 is 5.97 Å². The lowest BCUT2D eigenvalue weighted by atomic mass is 9.88. The van der Waals surface area contributed by atoms with Gasteiger partial charge in [-0.25, -0.2) is 4.79 Å². The second-order valence-electron chi connectivity index (χ2n) is 7.39. The highest BCUT2D eigenvalue weighted by Crippen LogP contribution is 2.41. The quantitative estimate of drug-likeness (QED) is 0.714. The van der Waals surface area contributed by atoms with E-state index in [0.29, 0.717) is 16.5 Å². The Balaban J connectivity index is 1.52. The van der Waals surface area contributed by atoms with Crippen LogP contribution in [-0.2, 0) is 27.2 Å². The highest BCUT2D eigenvalue weighted by atomic mass is 32.2. The maximum absolute atomic E-state index is 12.7. The summed E-state index contributed by atoms with van der Waals surface area (Å²) in [6.07, 6.45) is 2.76. The van der Waals surface area contributed by atoms with Gasteiger partial charge in [0.1, 0.15) is 5.00 Å². The molecule has 2 N–H and O–H groups in total. The molecule has 1 aliphatic carbocycles. The average molecular weight is 431 g/mol. The van der Waals surface area contributed by atoms with Crippen molar-refractivity contribution >= 4 is 51.6 Å². The van der Waals surface area contributed by atoms with E-state index in [-0.39, 0.29) is 18.2 Å². The molecule has 2 aromatic rings. The number of amides is 2. The molecule has 0 fully saturated rings. The van der Waals surface area contributed by atoms with Crippen LogP contribution in [0.25, 0.3) is 0 Å². The Labute approximate surface area is 177 Å². The Bertz CT molecular complexity index is 985. The predicted octanol–water partition coefficient (Wildman–Crippen LogP) is 4.10. The first-order chi connectivity index (χ1) is 14.0. The van der Waals surface area contributed by atoms with Gasteiger partial charge in [0, 0.05) is 16.2 Å². The number of anilines is 2. The number of hydrogen-bond donors (Lipinski definition) is 2. The summed E-state index contributed by atoms with van der Waals surface area (Å²) < 4.78 is 4.96. The number of carbonyl (C=O) groups excluding carboxylic acids is 3. The van der Waals surface area contributed by atoms with E-state index in [1.54, 1.807) is 0 Å². The van der Waals surface area contributed by atoms with Crippen molar-refractivity contribution in [2.45, 2.75) is 42.8 Å². The summed E-state index contributed by atoms with van der Waals surface area (Å²) in [7, 11) is 1.35. The second kappa shape index (κ2) is 8.20. The summed E-state index contributed by atoms with van der Waals surface area (Å²) in [6, 6.07) is 7.53. The molecule has 0 radical (unpaired) electrons. The van der Waals surface area contributed by atoms with Crippen molar-refractivity contribution in [3.63, 3.8) is 0 Å². The van der Waals surface area contributed by atoms with Crippen molar-refractivity contribution in [3.8, 4) is 0 Å². The van der Waals surface area contributed by atoms with Gasteiger partial charge in [-0.15, -0.1) is 23.1 Å². The fourth-order valence-electron chi connectivity index (χ4n) is 3.73. The number of fused-ring (bicyclic) bond motifs is 2. The highest BCUT2D eigenvalue weighted by molar-refractivity contribution is 8.01. The Morgan fingerprint density at radius 1 is 1.31 bits per heavy atom. The number of hydrogen-bond acceptors (Lipinski definition) is 6. The van der Waals surface area contributed by atoms with E-state index in [4.69, 9.17) is 4.74 Å². The van der Waals surface area contributed by atoms with E-state index in [1.807, 2.05) is 24.3 Å². The molecule has 1 aliphatic heterocycles. The molecule has 0 saturated heterocycles. The van der Waals surface area contributed by atoms with Gasteiger partial charge in [0.15, 0.2) is 0 Å². The van der Waals surface area contributed by atoms with Crippen LogP contribution in [0.5, 0.6) is 0 Å². The number of ether oxygens (including phenoxy) is 1. The van der Waals surface area contributed by atoms with Gasteiger partial charge in [-0.1, -0.05) is 19.1 Å². The molecule has 1 aromatic carbocycles. The molecule has 0 unspecified atom stereocenters. The van der Waals surface area contributed by atoms with E-state index in [0.717, 1.165) is 40.3 Å². The van der Waals surface area contributed by atoms with Crippen molar-refractivity contribution in [1.82, 2.24) is 0 Å². The molecule has 2 atom stereocenters. The molecule has 152 valence electrons. The zero-order chi connectivity index (χ0) is 20.5. The number of para-hydroxylation sites is 1. The van der Waals surface area contributed by atoms with Gasteiger partial charge in [-0.2, -0.15) is 0 Å². The van der Waals surface area contributed by atoms with Gasteiger partial charge in [0.2, 0.25) is 11.8 Å². The highest BCUT2D eigenvalue weighted by Gasteiger charge is 2.31. The molecule has 29 heavy (non-hydrogen) atoms. The van der Waals surface area contributed by atoms with Crippen LogP contribution >= 0.6 is 23.1 Å². The number of nitrogens with one attached hydrogen (secondary N) is 2.